The normalized spacial score (nSPS) is 18.3. The van der Waals surface area contributed by atoms with Crippen LogP contribution in [0.1, 0.15) is 38.1 Å². The van der Waals surface area contributed by atoms with E-state index in [4.69, 9.17) is 10.2 Å². The molecule has 186 valence electrons. The smallest absolute Gasteiger partial charge is 0.175 e. The summed E-state index contributed by atoms with van der Waals surface area (Å²) in [6, 6.07) is 20.0. The van der Waals surface area contributed by atoms with Gasteiger partial charge in [-0.05, 0) is 60.9 Å². The van der Waals surface area contributed by atoms with Crippen molar-refractivity contribution in [1.29, 1.82) is 5.26 Å². The van der Waals surface area contributed by atoms with Crippen LogP contribution in [0.3, 0.4) is 0 Å². The molecular formula is C29H27N5O2S. The number of pyridine rings is 1. The molecule has 1 aliphatic rings. The number of H-pyrrole nitrogens is 1. The van der Waals surface area contributed by atoms with E-state index >= 15 is 0 Å². The van der Waals surface area contributed by atoms with Crippen LogP contribution >= 0.6 is 0 Å². The SMILES string of the molecule is CS(=O)(=O)c1ccc(-c2ccc(-c3nc4cnc5[nH]ccc5c4n3[C@H]3CC[C@H](CC#N)CC3)cc2)cc1. The Bertz CT molecular complexity index is 1730. The summed E-state index contributed by atoms with van der Waals surface area (Å²) in [5.74, 6) is 1.40. The Balaban J connectivity index is 1.41. The van der Waals surface area contributed by atoms with Crippen LogP contribution in [0.5, 0.6) is 0 Å². The van der Waals surface area contributed by atoms with Crippen LogP contribution in [0.15, 0.2) is 71.9 Å². The van der Waals surface area contributed by atoms with E-state index in [2.05, 4.69) is 50.9 Å². The van der Waals surface area contributed by atoms with Gasteiger partial charge in [0, 0.05) is 35.9 Å². The maximum absolute atomic E-state index is 11.8. The maximum atomic E-state index is 11.8. The first-order chi connectivity index (χ1) is 17.9. The number of nitriles is 1. The number of hydrogen-bond donors (Lipinski definition) is 1. The zero-order chi connectivity index (χ0) is 25.6. The Morgan fingerprint density at radius 3 is 2.27 bits per heavy atom. The summed E-state index contributed by atoms with van der Waals surface area (Å²) in [5.41, 5.74) is 5.83. The first-order valence-corrected chi connectivity index (χ1v) is 14.4. The number of imidazole rings is 1. The largest absolute Gasteiger partial charge is 0.346 e. The molecule has 1 saturated carbocycles. The molecule has 1 aliphatic carbocycles. The van der Waals surface area contributed by atoms with Gasteiger partial charge < -0.3 is 9.55 Å². The van der Waals surface area contributed by atoms with E-state index in [1.807, 2.05) is 24.5 Å². The highest BCUT2D eigenvalue weighted by molar-refractivity contribution is 7.90. The monoisotopic (exact) mass is 509 g/mol. The molecule has 0 amide bonds. The Hall–Kier alpha value is -3.96. The fraction of sp³-hybridized carbons (Fsp3) is 0.276. The molecule has 8 heteroatoms. The molecule has 7 nitrogen and oxygen atoms in total. The molecule has 1 fully saturated rings. The lowest BCUT2D eigenvalue weighted by molar-refractivity contribution is 0.283. The number of aromatic nitrogens is 4. The second kappa shape index (κ2) is 9.16. The van der Waals surface area contributed by atoms with Crippen LogP contribution in [0, 0.1) is 17.2 Å². The second-order valence-corrected chi connectivity index (χ2v) is 12.0. The summed E-state index contributed by atoms with van der Waals surface area (Å²) in [4.78, 5) is 13.2. The van der Waals surface area contributed by atoms with Gasteiger partial charge in [-0.1, -0.05) is 36.4 Å². The molecule has 0 aliphatic heterocycles. The molecule has 5 aromatic rings. The molecule has 3 aromatic heterocycles. The number of hydrogen-bond acceptors (Lipinski definition) is 5. The lowest BCUT2D eigenvalue weighted by atomic mass is 9.84. The van der Waals surface area contributed by atoms with Crippen LogP contribution in [0.25, 0.3) is 44.6 Å². The molecular weight excluding hydrogens is 482 g/mol. The Morgan fingerprint density at radius 2 is 1.62 bits per heavy atom. The minimum absolute atomic E-state index is 0.304. The zero-order valence-corrected chi connectivity index (χ0v) is 21.4. The molecule has 0 bridgehead atoms. The number of rotatable bonds is 5. The number of nitrogens with zero attached hydrogens (tertiary/aromatic N) is 4. The van der Waals surface area contributed by atoms with Gasteiger partial charge in [0.25, 0.3) is 0 Å². The molecule has 1 N–H and O–H groups in total. The summed E-state index contributed by atoms with van der Waals surface area (Å²) in [7, 11) is -3.23. The molecule has 3 heterocycles. The Kier molecular flexibility index (Phi) is 5.81. The topological polar surface area (TPSA) is 104 Å². The van der Waals surface area contributed by atoms with Crippen LogP contribution in [0.2, 0.25) is 0 Å². The van der Waals surface area contributed by atoms with Gasteiger partial charge >= 0.3 is 0 Å². The van der Waals surface area contributed by atoms with Gasteiger partial charge in [-0.25, -0.2) is 18.4 Å². The van der Waals surface area contributed by atoms with Crippen LogP contribution in [0.4, 0.5) is 0 Å². The number of sulfone groups is 1. The lowest BCUT2D eigenvalue weighted by Gasteiger charge is -2.30. The highest BCUT2D eigenvalue weighted by Crippen LogP contribution is 2.40. The maximum Gasteiger partial charge on any atom is 0.175 e. The lowest BCUT2D eigenvalue weighted by Crippen LogP contribution is -2.19. The average Bonchev–Trinajstić information content (AvgIpc) is 3.54. The van der Waals surface area contributed by atoms with Gasteiger partial charge in [-0.2, -0.15) is 5.26 Å². The van der Waals surface area contributed by atoms with Crippen molar-refractivity contribution in [2.24, 2.45) is 5.92 Å². The molecule has 2 aromatic carbocycles. The first-order valence-electron chi connectivity index (χ1n) is 12.5. The van der Waals surface area contributed by atoms with E-state index in [9.17, 15) is 8.42 Å². The van der Waals surface area contributed by atoms with Gasteiger partial charge in [0.05, 0.1) is 22.7 Å². The molecule has 37 heavy (non-hydrogen) atoms. The molecule has 0 spiro atoms. The van der Waals surface area contributed by atoms with Crippen molar-refractivity contribution >= 4 is 31.9 Å². The summed E-state index contributed by atoms with van der Waals surface area (Å²) in [6.45, 7) is 0. The molecule has 6 rings (SSSR count). The third kappa shape index (κ3) is 4.30. The van der Waals surface area contributed by atoms with Crippen molar-refractivity contribution in [3.63, 3.8) is 0 Å². The molecule has 0 saturated heterocycles. The quantitative estimate of drug-likeness (QED) is 0.300. The van der Waals surface area contributed by atoms with Crippen molar-refractivity contribution in [1.82, 2.24) is 19.5 Å². The summed E-state index contributed by atoms with van der Waals surface area (Å²) in [5, 5.41) is 10.2. The highest BCUT2D eigenvalue weighted by Gasteiger charge is 2.27. The molecule has 0 unspecified atom stereocenters. The van der Waals surface area contributed by atoms with Crippen LogP contribution in [-0.4, -0.2) is 34.2 Å². The highest BCUT2D eigenvalue weighted by atomic mass is 32.2. The van der Waals surface area contributed by atoms with Crippen molar-refractivity contribution in [2.45, 2.75) is 43.0 Å². The van der Waals surface area contributed by atoms with E-state index in [-0.39, 0.29) is 0 Å². The van der Waals surface area contributed by atoms with Crippen LogP contribution < -0.4 is 0 Å². The van der Waals surface area contributed by atoms with Crippen molar-refractivity contribution in [3.8, 4) is 28.6 Å². The number of benzene rings is 2. The third-order valence-electron chi connectivity index (χ3n) is 7.55. The summed E-state index contributed by atoms with van der Waals surface area (Å²) in [6.07, 6.45) is 9.73. The van der Waals surface area contributed by atoms with Gasteiger partial charge in [0.2, 0.25) is 0 Å². The predicted octanol–water partition coefficient (Wildman–Crippen LogP) is 6.30. The summed E-state index contributed by atoms with van der Waals surface area (Å²) < 4.78 is 26.0. The van der Waals surface area contributed by atoms with Gasteiger partial charge in [-0.15, -0.1) is 0 Å². The van der Waals surface area contributed by atoms with E-state index in [0.29, 0.717) is 23.3 Å². The summed E-state index contributed by atoms with van der Waals surface area (Å²) >= 11 is 0. The second-order valence-electron chi connectivity index (χ2n) is 9.95. The molecule has 0 atom stereocenters. The van der Waals surface area contributed by atoms with Crippen molar-refractivity contribution in [2.75, 3.05) is 6.26 Å². The zero-order valence-electron chi connectivity index (χ0n) is 20.6. The fourth-order valence-electron chi connectivity index (χ4n) is 5.59. The average molecular weight is 510 g/mol. The van der Waals surface area contributed by atoms with Crippen LogP contribution in [-0.2, 0) is 9.84 Å². The standard InChI is InChI=1S/C29H27N5O2S/c1-37(35,36)24-12-8-21(9-13-24)20-4-6-22(7-5-20)29-33-26-18-32-28-25(15-17-31-28)27(26)34(29)23-10-2-19(3-11-23)14-16-30/h4-9,12-13,15,17-19,23H,2-3,10-11,14H2,1H3,(H,31,32)/t19-,23-. The Morgan fingerprint density at radius 1 is 0.973 bits per heavy atom. The predicted molar refractivity (Wildman–Crippen MR) is 145 cm³/mol. The minimum Gasteiger partial charge on any atom is -0.346 e. The third-order valence-corrected chi connectivity index (χ3v) is 8.68. The molecule has 0 radical (unpaired) electrons. The van der Waals surface area contributed by atoms with E-state index < -0.39 is 9.84 Å². The van der Waals surface area contributed by atoms with Gasteiger partial charge in [-0.3, -0.25) is 0 Å². The van der Waals surface area contributed by atoms with E-state index in [0.717, 1.165) is 70.3 Å². The van der Waals surface area contributed by atoms with Gasteiger partial charge in [0.15, 0.2) is 9.84 Å². The van der Waals surface area contributed by atoms with Crippen molar-refractivity contribution in [3.05, 3.63) is 67.0 Å². The Labute approximate surface area is 215 Å². The number of fused-ring (bicyclic) bond motifs is 3. The number of nitrogens with one attached hydrogen (secondary N) is 1. The number of aromatic amines is 1. The van der Waals surface area contributed by atoms with E-state index in [1.165, 1.54) is 6.26 Å². The van der Waals surface area contributed by atoms with Gasteiger partial charge in [0.1, 0.15) is 17.0 Å². The minimum atomic E-state index is -3.23. The fourth-order valence-corrected chi connectivity index (χ4v) is 6.22. The first kappa shape index (κ1) is 23.4. The van der Waals surface area contributed by atoms with E-state index in [1.54, 1.807) is 12.1 Å². The van der Waals surface area contributed by atoms with Crippen molar-refractivity contribution < 1.29 is 8.42 Å².